The molecule has 0 bridgehead atoms. The molecular formula is C25H35N3O. The molecule has 2 aromatic rings. The molecule has 1 N–H and O–H groups in total. The van der Waals surface area contributed by atoms with Crippen LogP contribution in [0.1, 0.15) is 86.4 Å². The molecule has 0 fully saturated rings. The molecule has 4 heteroatoms. The van der Waals surface area contributed by atoms with Crippen LogP contribution < -0.4 is 5.32 Å². The summed E-state index contributed by atoms with van der Waals surface area (Å²) in [6.07, 6.45) is 9.36. The van der Waals surface area contributed by atoms with E-state index in [1.54, 1.807) is 11.1 Å². The zero-order valence-corrected chi connectivity index (χ0v) is 18.7. The highest BCUT2D eigenvalue weighted by atomic mass is 16.3. The Labute approximate surface area is 175 Å². The molecule has 0 saturated heterocycles. The monoisotopic (exact) mass is 393 g/mol. The van der Waals surface area contributed by atoms with E-state index in [4.69, 9.17) is 9.40 Å². The summed E-state index contributed by atoms with van der Waals surface area (Å²) in [6.45, 7) is 13.0. The molecule has 2 atom stereocenters. The highest BCUT2D eigenvalue weighted by Crippen LogP contribution is 2.49. The standard InChI is InChI=1S/C21H27N3O.C4H8/c1-12-7-8-14-5-4-6-16-13(2)20-21(18(12)19(14)16)25-17(23-20)9-15-10-22-11-24(15)3;1-4(2)3/h10,12,14,22H,4-9,11H2,1-3H3;1H2,2-3H3/t12-,14?;/m0./s1. The van der Waals surface area contributed by atoms with Crippen LogP contribution in [0.4, 0.5) is 0 Å². The predicted octanol–water partition coefficient (Wildman–Crippen LogP) is 5.91. The Balaban J connectivity index is 0.000000472. The lowest BCUT2D eigenvalue weighted by Gasteiger charge is -2.35. The van der Waals surface area contributed by atoms with Crippen LogP contribution in [0, 0.1) is 6.92 Å². The van der Waals surface area contributed by atoms with Gasteiger partial charge in [-0.1, -0.05) is 12.5 Å². The average Bonchev–Trinajstić information content (AvgIpc) is 3.27. The molecule has 29 heavy (non-hydrogen) atoms. The molecule has 5 rings (SSSR count). The van der Waals surface area contributed by atoms with Crippen LogP contribution in [-0.2, 0) is 12.8 Å². The van der Waals surface area contributed by atoms with Gasteiger partial charge in [0.15, 0.2) is 5.58 Å². The van der Waals surface area contributed by atoms with Gasteiger partial charge in [0.1, 0.15) is 5.52 Å². The van der Waals surface area contributed by atoms with Crippen LogP contribution in [-0.4, -0.2) is 23.6 Å². The van der Waals surface area contributed by atoms with Gasteiger partial charge in [-0.25, -0.2) is 4.98 Å². The number of likely N-dealkylation sites (N-methyl/N-ethyl adjacent to an activating group) is 1. The van der Waals surface area contributed by atoms with Crippen molar-refractivity contribution in [1.82, 2.24) is 15.2 Å². The number of hydrogen-bond acceptors (Lipinski definition) is 4. The van der Waals surface area contributed by atoms with E-state index in [0.717, 1.165) is 36.0 Å². The fraction of sp³-hybridized carbons (Fsp3) is 0.560. The van der Waals surface area contributed by atoms with Crippen LogP contribution in [0.15, 0.2) is 28.5 Å². The van der Waals surface area contributed by atoms with Gasteiger partial charge in [0, 0.05) is 24.5 Å². The maximum absolute atomic E-state index is 6.39. The first kappa shape index (κ1) is 20.1. The van der Waals surface area contributed by atoms with E-state index in [-0.39, 0.29) is 0 Å². The summed E-state index contributed by atoms with van der Waals surface area (Å²) in [5.74, 6) is 2.19. The van der Waals surface area contributed by atoms with Crippen molar-refractivity contribution in [3.8, 4) is 0 Å². The topological polar surface area (TPSA) is 41.3 Å². The molecule has 1 unspecified atom stereocenters. The first-order valence-corrected chi connectivity index (χ1v) is 11.1. The Bertz CT molecular complexity index is 964. The third-order valence-electron chi connectivity index (χ3n) is 6.59. The van der Waals surface area contributed by atoms with Crippen LogP contribution in [0.25, 0.3) is 11.1 Å². The van der Waals surface area contributed by atoms with Gasteiger partial charge in [-0.15, -0.1) is 6.58 Å². The first-order valence-electron chi connectivity index (χ1n) is 11.1. The van der Waals surface area contributed by atoms with Gasteiger partial charge in [-0.05, 0) is 81.4 Å². The molecule has 0 spiro atoms. The van der Waals surface area contributed by atoms with Crippen molar-refractivity contribution in [2.75, 3.05) is 13.7 Å². The van der Waals surface area contributed by atoms with E-state index in [0.29, 0.717) is 5.92 Å². The maximum atomic E-state index is 6.39. The quantitative estimate of drug-likeness (QED) is 0.644. The minimum absolute atomic E-state index is 0.585. The summed E-state index contributed by atoms with van der Waals surface area (Å²) in [6, 6.07) is 0. The normalized spacial score (nSPS) is 22.5. The number of nitrogens with zero attached hydrogens (tertiary/aromatic N) is 2. The summed E-state index contributed by atoms with van der Waals surface area (Å²) >= 11 is 0. The van der Waals surface area contributed by atoms with Gasteiger partial charge < -0.3 is 14.6 Å². The van der Waals surface area contributed by atoms with Crippen molar-refractivity contribution in [3.05, 3.63) is 52.2 Å². The predicted molar refractivity (Wildman–Crippen MR) is 120 cm³/mol. The van der Waals surface area contributed by atoms with Gasteiger partial charge in [0.25, 0.3) is 0 Å². The Kier molecular flexibility index (Phi) is 5.46. The number of benzene rings is 1. The maximum Gasteiger partial charge on any atom is 0.201 e. The number of nitrogens with one attached hydrogen (secondary N) is 1. The average molecular weight is 394 g/mol. The summed E-state index contributed by atoms with van der Waals surface area (Å²) in [5, 5.41) is 3.27. The minimum Gasteiger partial charge on any atom is -0.440 e. The van der Waals surface area contributed by atoms with Gasteiger partial charge in [-0.2, -0.15) is 0 Å². The van der Waals surface area contributed by atoms with Crippen molar-refractivity contribution < 1.29 is 4.42 Å². The van der Waals surface area contributed by atoms with Crippen molar-refractivity contribution in [1.29, 1.82) is 0 Å². The molecule has 0 radical (unpaired) electrons. The SMILES string of the molecule is C=C(C)C.Cc1c2c3c(c4oc(CC5=CNCN5C)nc14)[C@@H](C)CCC3CCC2. The first-order chi connectivity index (χ1) is 13.9. The smallest absolute Gasteiger partial charge is 0.201 e. The summed E-state index contributed by atoms with van der Waals surface area (Å²) in [5.41, 5.74) is 10.7. The number of aromatic nitrogens is 1. The van der Waals surface area contributed by atoms with E-state index in [2.05, 4.69) is 43.9 Å². The molecule has 1 aliphatic heterocycles. The number of oxazole rings is 1. The van der Waals surface area contributed by atoms with Gasteiger partial charge in [0.2, 0.25) is 5.89 Å². The molecule has 156 valence electrons. The largest absolute Gasteiger partial charge is 0.440 e. The highest BCUT2D eigenvalue weighted by molar-refractivity contribution is 5.84. The van der Waals surface area contributed by atoms with Crippen molar-refractivity contribution in [3.63, 3.8) is 0 Å². The Hall–Kier alpha value is -2.23. The highest BCUT2D eigenvalue weighted by Gasteiger charge is 2.34. The van der Waals surface area contributed by atoms with Crippen LogP contribution in [0.3, 0.4) is 0 Å². The lowest BCUT2D eigenvalue weighted by Crippen LogP contribution is -2.20. The molecule has 4 nitrogen and oxygen atoms in total. The van der Waals surface area contributed by atoms with Crippen LogP contribution in [0.5, 0.6) is 0 Å². The third-order valence-corrected chi connectivity index (χ3v) is 6.59. The Morgan fingerprint density at radius 1 is 1.28 bits per heavy atom. The summed E-state index contributed by atoms with van der Waals surface area (Å²) in [4.78, 5) is 7.17. The molecule has 3 aliphatic rings. The fourth-order valence-electron chi connectivity index (χ4n) is 5.19. The second-order valence-corrected chi connectivity index (χ2v) is 9.36. The Morgan fingerprint density at radius 2 is 2.03 bits per heavy atom. The molecule has 0 amide bonds. The van der Waals surface area contributed by atoms with Crippen LogP contribution >= 0.6 is 0 Å². The molecule has 2 heterocycles. The van der Waals surface area contributed by atoms with E-state index < -0.39 is 0 Å². The van der Waals surface area contributed by atoms with Gasteiger partial charge >= 0.3 is 0 Å². The molecule has 2 aliphatic carbocycles. The molecule has 1 aromatic heterocycles. The molecule has 1 aromatic carbocycles. The zero-order chi connectivity index (χ0) is 20.7. The molecular weight excluding hydrogens is 358 g/mol. The second-order valence-electron chi connectivity index (χ2n) is 9.36. The lowest BCUT2D eigenvalue weighted by molar-refractivity contribution is 0.416. The van der Waals surface area contributed by atoms with E-state index in [9.17, 15) is 0 Å². The van der Waals surface area contributed by atoms with E-state index in [1.165, 1.54) is 54.5 Å². The van der Waals surface area contributed by atoms with Crippen LogP contribution in [0.2, 0.25) is 0 Å². The van der Waals surface area contributed by atoms with Crippen molar-refractivity contribution in [2.24, 2.45) is 0 Å². The fourth-order valence-corrected chi connectivity index (χ4v) is 5.19. The number of fused-ring (bicyclic) bond motifs is 2. The van der Waals surface area contributed by atoms with E-state index >= 15 is 0 Å². The Morgan fingerprint density at radius 3 is 2.72 bits per heavy atom. The summed E-state index contributed by atoms with van der Waals surface area (Å²) < 4.78 is 6.39. The molecule has 0 saturated carbocycles. The second kappa shape index (κ2) is 7.89. The van der Waals surface area contributed by atoms with Gasteiger partial charge in [-0.3, -0.25) is 0 Å². The van der Waals surface area contributed by atoms with Crippen molar-refractivity contribution in [2.45, 2.75) is 78.1 Å². The number of aryl methyl sites for hydroxylation is 1. The van der Waals surface area contributed by atoms with E-state index in [1.807, 2.05) is 13.8 Å². The number of allylic oxidation sites excluding steroid dienone is 2. The third kappa shape index (κ3) is 3.70. The minimum atomic E-state index is 0.585. The van der Waals surface area contributed by atoms with Crippen molar-refractivity contribution >= 4 is 11.1 Å². The van der Waals surface area contributed by atoms with Gasteiger partial charge in [0.05, 0.1) is 13.1 Å². The number of hydrogen-bond donors (Lipinski definition) is 1. The summed E-state index contributed by atoms with van der Waals surface area (Å²) in [7, 11) is 2.11. The zero-order valence-electron chi connectivity index (χ0n) is 18.7. The number of rotatable bonds is 2. The lowest BCUT2D eigenvalue weighted by atomic mass is 9.69.